The zero-order chi connectivity index (χ0) is 17.3. The van der Waals surface area contributed by atoms with Crippen molar-refractivity contribution in [2.24, 2.45) is 0 Å². The Balaban J connectivity index is 1.82. The van der Waals surface area contributed by atoms with Gasteiger partial charge < -0.3 is 10.6 Å². The molecule has 0 aliphatic heterocycles. The third kappa shape index (κ3) is 3.74. The molecular weight excluding hydrogens is 331 g/mol. The maximum Gasteiger partial charge on any atom is 0.258 e. The van der Waals surface area contributed by atoms with Gasteiger partial charge in [-0.1, -0.05) is 17.7 Å². The van der Waals surface area contributed by atoms with Crippen molar-refractivity contribution < 1.29 is 14.0 Å². The van der Waals surface area contributed by atoms with Crippen molar-refractivity contribution in [1.29, 1.82) is 0 Å². The van der Waals surface area contributed by atoms with Gasteiger partial charge in [-0.05, 0) is 55.7 Å². The molecule has 0 heterocycles. The number of rotatable bonds is 4. The lowest BCUT2D eigenvalue weighted by atomic mass is 10.1. The number of amides is 2. The lowest BCUT2D eigenvalue weighted by molar-refractivity contribution is 0.0949. The predicted molar refractivity (Wildman–Crippen MR) is 91.0 cm³/mol. The molecule has 1 aliphatic rings. The number of aryl methyl sites for hydroxylation is 1. The van der Waals surface area contributed by atoms with E-state index in [1.165, 1.54) is 12.1 Å². The largest absolute Gasteiger partial charge is 0.349 e. The molecule has 1 fully saturated rings. The minimum absolute atomic E-state index is 0.144. The number of carbonyl (C=O) groups is 2. The van der Waals surface area contributed by atoms with Gasteiger partial charge in [0, 0.05) is 22.3 Å². The molecule has 0 radical (unpaired) electrons. The summed E-state index contributed by atoms with van der Waals surface area (Å²) >= 11 is 5.82. The maximum absolute atomic E-state index is 13.8. The summed E-state index contributed by atoms with van der Waals surface area (Å²) in [6.45, 7) is 1.80. The fourth-order valence-electron chi connectivity index (χ4n) is 2.26. The molecule has 3 rings (SSSR count). The Labute approximate surface area is 144 Å². The number of halogens is 2. The Kier molecular flexibility index (Phi) is 4.53. The first-order valence-corrected chi connectivity index (χ1v) is 8.00. The first kappa shape index (κ1) is 16.5. The molecule has 0 aromatic heterocycles. The van der Waals surface area contributed by atoms with Gasteiger partial charge in [0.25, 0.3) is 11.8 Å². The monoisotopic (exact) mass is 346 g/mol. The van der Waals surface area contributed by atoms with Gasteiger partial charge in [0.15, 0.2) is 0 Å². The molecular formula is C18H16ClFN2O2. The highest BCUT2D eigenvalue weighted by atomic mass is 35.5. The van der Waals surface area contributed by atoms with Crippen LogP contribution in [0.3, 0.4) is 0 Å². The van der Waals surface area contributed by atoms with E-state index in [1.54, 1.807) is 25.1 Å². The summed E-state index contributed by atoms with van der Waals surface area (Å²) in [4.78, 5) is 24.4. The highest BCUT2D eigenvalue weighted by Crippen LogP contribution is 2.22. The van der Waals surface area contributed by atoms with Crippen LogP contribution in [0.15, 0.2) is 36.4 Å². The van der Waals surface area contributed by atoms with Crippen LogP contribution in [0, 0.1) is 12.7 Å². The van der Waals surface area contributed by atoms with Gasteiger partial charge in [-0.2, -0.15) is 0 Å². The molecule has 0 atom stereocenters. The highest BCUT2D eigenvalue weighted by Gasteiger charge is 2.24. The Morgan fingerprint density at radius 3 is 2.58 bits per heavy atom. The van der Waals surface area contributed by atoms with E-state index >= 15 is 0 Å². The number of hydrogen-bond acceptors (Lipinski definition) is 2. The summed E-state index contributed by atoms with van der Waals surface area (Å²) in [6, 6.07) is 9.07. The van der Waals surface area contributed by atoms with Crippen LogP contribution in [0.25, 0.3) is 0 Å². The molecule has 2 aromatic carbocycles. The fourth-order valence-corrected chi connectivity index (χ4v) is 2.43. The Bertz CT molecular complexity index is 819. The third-order valence-corrected chi connectivity index (χ3v) is 4.07. The smallest absolute Gasteiger partial charge is 0.258 e. The number of hydrogen-bond donors (Lipinski definition) is 2. The topological polar surface area (TPSA) is 58.2 Å². The lowest BCUT2D eigenvalue weighted by Gasteiger charge is -2.11. The van der Waals surface area contributed by atoms with Gasteiger partial charge in [0.1, 0.15) is 5.82 Å². The van der Waals surface area contributed by atoms with Crippen LogP contribution in [0.2, 0.25) is 5.02 Å². The number of carbonyl (C=O) groups excluding carboxylic acids is 2. The Morgan fingerprint density at radius 1 is 1.12 bits per heavy atom. The van der Waals surface area contributed by atoms with E-state index in [-0.39, 0.29) is 22.5 Å². The first-order valence-electron chi connectivity index (χ1n) is 7.62. The van der Waals surface area contributed by atoms with Crippen LogP contribution >= 0.6 is 11.6 Å². The van der Waals surface area contributed by atoms with E-state index < -0.39 is 11.7 Å². The maximum atomic E-state index is 13.8. The molecule has 0 bridgehead atoms. The third-order valence-electron chi connectivity index (χ3n) is 3.83. The molecule has 2 N–H and O–H groups in total. The van der Waals surface area contributed by atoms with E-state index in [0.29, 0.717) is 11.3 Å². The van der Waals surface area contributed by atoms with Crippen LogP contribution in [-0.2, 0) is 0 Å². The summed E-state index contributed by atoms with van der Waals surface area (Å²) < 4.78 is 13.8. The van der Waals surface area contributed by atoms with Gasteiger partial charge >= 0.3 is 0 Å². The van der Waals surface area contributed by atoms with Crippen molar-refractivity contribution in [2.45, 2.75) is 25.8 Å². The van der Waals surface area contributed by atoms with Crippen molar-refractivity contribution in [3.63, 3.8) is 0 Å². The molecule has 6 heteroatoms. The van der Waals surface area contributed by atoms with Gasteiger partial charge in [0.2, 0.25) is 0 Å². The van der Waals surface area contributed by atoms with E-state index in [0.717, 1.165) is 24.5 Å². The normalized spacial score (nSPS) is 13.5. The van der Waals surface area contributed by atoms with Crippen LogP contribution in [0.5, 0.6) is 0 Å². The predicted octanol–water partition coefficient (Wildman–Crippen LogP) is 3.93. The van der Waals surface area contributed by atoms with Crippen LogP contribution < -0.4 is 10.6 Å². The second kappa shape index (κ2) is 6.61. The summed E-state index contributed by atoms with van der Waals surface area (Å²) in [5.74, 6) is -1.45. The van der Waals surface area contributed by atoms with E-state index in [1.807, 2.05) is 0 Å². The summed E-state index contributed by atoms with van der Waals surface area (Å²) in [7, 11) is 0. The van der Waals surface area contributed by atoms with Crippen molar-refractivity contribution in [3.05, 3.63) is 63.9 Å². The molecule has 1 saturated carbocycles. The molecule has 0 spiro atoms. The number of anilines is 1. The summed E-state index contributed by atoms with van der Waals surface area (Å²) in [5.41, 5.74) is 1.54. The zero-order valence-electron chi connectivity index (χ0n) is 13.0. The molecule has 2 amide bonds. The van der Waals surface area contributed by atoms with E-state index in [4.69, 9.17) is 11.6 Å². The second-order valence-corrected chi connectivity index (χ2v) is 6.29. The Hall–Kier alpha value is -2.40. The average molecular weight is 347 g/mol. The van der Waals surface area contributed by atoms with Crippen LogP contribution in [0.4, 0.5) is 10.1 Å². The van der Waals surface area contributed by atoms with Crippen molar-refractivity contribution in [3.8, 4) is 0 Å². The van der Waals surface area contributed by atoms with E-state index in [2.05, 4.69) is 10.6 Å². The average Bonchev–Trinajstić information content (AvgIpc) is 3.35. The molecule has 1 aliphatic carbocycles. The van der Waals surface area contributed by atoms with Crippen molar-refractivity contribution in [2.75, 3.05) is 5.32 Å². The van der Waals surface area contributed by atoms with Gasteiger partial charge in [-0.3, -0.25) is 9.59 Å². The van der Waals surface area contributed by atoms with Crippen LogP contribution in [0.1, 0.15) is 39.1 Å². The summed E-state index contributed by atoms with van der Waals surface area (Å²) in [5, 5.41) is 5.80. The standard InChI is InChI=1S/C18H16ClFN2O2/c1-10-2-3-11(17(23)21-13-5-6-13)8-16(10)22-18(24)14-9-12(19)4-7-15(14)20/h2-4,7-9,13H,5-6H2,1H3,(H,21,23)(H,22,24). The molecule has 0 unspecified atom stereocenters. The molecule has 0 saturated heterocycles. The zero-order valence-corrected chi connectivity index (χ0v) is 13.8. The summed E-state index contributed by atoms with van der Waals surface area (Å²) in [6.07, 6.45) is 1.99. The van der Waals surface area contributed by atoms with Gasteiger partial charge in [-0.25, -0.2) is 4.39 Å². The van der Waals surface area contributed by atoms with Gasteiger partial charge in [-0.15, -0.1) is 0 Å². The Morgan fingerprint density at radius 2 is 1.88 bits per heavy atom. The fraction of sp³-hybridized carbons (Fsp3) is 0.222. The van der Waals surface area contributed by atoms with Gasteiger partial charge in [0.05, 0.1) is 5.56 Å². The second-order valence-electron chi connectivity index (χ2n) is 5.86. The molecule has 4 nitrogen and oxygen atoms in total. The molecule has 2 aromatic rings. The molecule has 24 heavy (non-hydrogen) atoms. The SMILES string of the molecule is Cc1ccc(C(=O)NC2CC2)cc1NC(=O)c1cc(Cl)ccc1F. The lowest BCUT2D eigenvalue weighted by Crippen LogP contribution is -2.25. The van der Waals surface area contributed by atoms with Crippen LogP contribution in [-0.4, -0.2) is 17.9 Å². The van der Waals surface area contributed by atoms with E-state index in [9.17, 15) is 14.0 Å². The number of benzene rings is 2. The van der Waals surface area contributed by atoms with Crippen molar-refractivity contribution in [1.82, 2.24) is 5.32 Å². The minimum atomic E-state index is -0.655. The first-order chi connectivity index (χ1) is 11.4. The van der Waals surface area contributed by atoms with Crippen molar-refractivity contribution >= 4 is 29.1 Å². The minimum Gasteiger partial charge on any atom is -0.349 e. The highest BCUT2D eigenvalue weighted by molar-refractivity contribution is 6.31. The number of nitrogens with one attached hydrogen (secondary N) is 2. The molecule has 124 valence electrons. The quantitative estimate of drug-likeness (QED) is 0.881.